The molecule has 0 spiro atoms. The van der Waals surface area contributed by atoms with E-state index < -0.39 is 0 Å². The van der Waals surface area contributed by atoms with Crippen molar-refractivity contribution < 1.29 is 4.74 Å². The third-order valence-corrected chi connectivity index (χ3v) is 4.44. The first-order valence-corrected chi connectivity index (χ1v) is 8.40. The second-order valence-electron chi connectivity index (χ2n) is 4.82. The Morgan fingerprint density at radius 1 is 1.30 bits per heavy atom. The summed E-state index contributed by atoms with van der Waals surface area (Å²) in [6.45, 7) is 4.23. The van der Waals surface area contributed by atoms with Crippen LogP contribution in [0.25, 0.3) is 0 Å². The number of halogens is 1. The fourth-order valence-corrected chi connectivity index (χ4v) is 2.97. The first-order valence-electron chi connectivity index (χ1n) is 6.98. The fourth-order valence-electron chi connectivity index (χ4n) is 1.94. The Bertz CT molecular complexity index is 524. The molecular weight excluding hydrogens is 290 g/mol. The van der Waals surface area contributed by atoms with Crippen LogP contribution >= 0.6 is 22.9 Å². The van der Waals surface area contributed by atoms with E-state index in [1.54, 1.807) is 11.3 Å². The van der Waals surface area contributed by atoms with Crippen LogP contribution < -0.4 is 4.74 Å². The van der Waals surface area contributed by atoms with Crippen LogP contribution in [0, 0.1) is 0 Å². The Kier molecular flexibility index (Phi) is 5.86. The van der Waals surface area contributed by atoms with Gasteiger partial charge in [0.1, 0.15) is 16.9 Å². The maximum Gasteiger partial charge on any atom is 0.147 e. The van der Waals surface area contributed by atoms with Crippen LogP contribution in [0.4, 0.5) is 0 Å². The second-order valence-corrected chi connectivity index (χ2v) is 5.98. The van der Waals surface area contributed by atoms with Gasteiger partial charge in [-0.15, -0.1) is 22.9 Å². The number of ether oxygens (including phenoxy) is 1. The summed E-state index contributed by atoms with van der Waals surface area (Å²) in [6.07, 6.45) is 3.55. The van der Waals surface area contributed by atoms with Crippen LogP contribution in [0.5, 0.6) is 5.75 Å². The molecule has 2 rings (SSSR count). The summed E-state index contributed by atoms with van der Waals surface area (Å²) in [6, 6.07) is 8.36. The van der Waals surface area contributed by atoms with Crippen molar-refractivity contribution in [3.05, 3.63) is 45.9 Å². The van der Waals surface area contributed by atoms with Gasteiger partial charge in [-0.05, 0) is 37.5 Å². The molecule has 108 valence electrons. The molecule has 0 saturated heterocycles. The highest BCUT2D eigenvalue weighted by Crippen LogP contribution is 2.25. The monoisotopic (exact) mass is 309 g/mol. The molecule has 2 aromatic rings. The largest absolute Gasteiger partial charge is 0.484 e. The Morgan fingerprint density at radius 3 is 2.65 bits per heavy atom. The molecule has 1 unspecified atom stereocenters. The predicted molar refractivity (Wildman–Crippen MR) is 85.8 cm³/mol. The Labute approximate surface area is 129 Å². The number of alkyl halides is 1. The van der Waals surface area contributed by atoms with Gasteiger partial charge in [0.05, 0.1) is 11.6 Å². The van der Waals surface area contributed by atoms with Gasteiger partial charge in [0.25, 0.3) is 0 Å². The molecule has 20 heavy (non-hydrogen) atoms. The Morgan fingerprint density at radius 2 is 2.05 bits per heavy atom. The number of hydrogen-bond donors (Lipinski definition) is 0. The highest BCUT2D eigenvalue weighted by Gasteiger charge is 2.12. The van der Waals surface area contributed by atoms with E-state index in [4.69, 9.17) is 16.3 Å². The Hall–Kier alpha value is -1.06. The van der Waals surface area contributed by atoms with E-state index in [1.165, 1.54) is 18.4 Å². The van der Waals surface area contributed by atoms with Gasteiger partial charge in [-0.2, -0.15) is 0 Å². The van der Waals surface area contributed by atoms with E-state index in [9.17, 15) is 0 Å². The van der Waals surface area contributed by atoms with Crippen LogP contribution in [-0.2, 0) is 12.3 Å². The number of rotatable bonds is 7. The maximum atomic E-state index is 5.92. The molecule has 0 N–H and O–H groups in total. The quantitative estimate of drug-likeness (QED) is 0.642. The highest BCUT2D eigenvalue weighted by molar-refractivity contribution is 7.09. The third kappa shape index (κ3) is 4.22. The number of unbranched alkanes of at least 4 members (excludes halogenated alkanes) is 1. The number of benzene rings is 1. The normalized spacial score (nSPS) is 12.3. The smallest absolute Gasteiger partial charge is 0.147 e. The topological polar surface area (TPSA) is 22.1 Å². The molecule has 0 radical (unpaired) electrons. The summed E-state index contributed by atoms with van der Waals surface area (Å²) >= 11 is 7.36. The van der Waals surface area contributed by atoms with Crippen LogP contribution in [0.15, 0.2) is 29.6 Å². The summed E-state index contributed by atoms with van der Waals surface area (Å²) in [4.78, 5) is 4.44. The number of nitrogens with zero attached hydrogens (tertiary/aromatic N) is 1. The van der Waals surface area contributed by atoms with Crippen LogP contribution in [0.3, 0.4) is 0 Å². The zero-order valence-electron chi connectivity index (χ0n) is 11.9. The van der Waals surface area contributed by atoms with Crippen LogP contribution in [-0.4, -0.2) is 4.98 Å². The SMILES string of the molecule is CCCCc1ccc(OC(C)c2nc(CCl)cs2)cc1. The van der Waals surface area contributed by atoms with Gasteiger partial charge >= 0.3 is 0 Å². The van der Waals surface area contributed by atoms with Gasteiger partial charge in [0, 0.05) is 5.38 Å². The van der Waals surface area contributed by atoms with Crippen molar-refractivity contribution in [2.75, 3.05) is 0 Å². The van der Waals surface area contributed by atoms with E-state index in [0.29, 0.717) is 5.88 Å². The minimum absolute atomic E-state index is 0.0431. The maximum absolute atomic E-state index is 5.92. The lowest BCUT2D eigenvalue weighted by Gasteiger charge is -2.12. The predicted octanol–water partition coefficient (Wildman–Crippen LogP) is 5.36. The summed E-state index contributed by atoms with van der Waals surface area (Å²) in [5.41, 5.74) is 2.28. The lowest BCUT2D eigenvalue weighted by molar-refractivity contribution is 0.226. The summed E-state index contributed by atoms with van der Waals surface area (Å²) in [5.74, 6) is 1.34. The molecule has 0 bridgehead atoms. The number of hydrogen-bond acceptors (Lipinski definition) is 3. The minimum Gasteiger partial charge on any atom is -0.484 e. The van der Waals surface area contributed by atoms with E-state index >= 15 is 0 Å². The van der Waals surface area contributed by atoms with Gasteiger partial charge in [-0.3, -0.25) is 0 Å². The molecule has 0 aliphatic rings. The zero-order valence-corrected chi connectivity index (χ0v) is 13.5. The molecule has 0 amide bonds. The second kappa shape index (κ2) is 7.65. The van der Waals surface area contributed by atoms with Crippen molar-refractivity contribution in [1.29, 1.82) is 0 Å². The fraction of sp³-hybridized carbons (Fsp3) is 0.438. The van der Waals surface area contributed by atoms with Crippen molar-refractivity contribution in [2.45, 2.75) is 45.1 Å². The first kappa shape index (κ1) is 15.3. The lowest BCUT2D eigenvalue weighted by Crippen LogP contribution is -2.03. The number of thiazole rings is 1. The van der Waals surface area contributed by atoms with E-state index in [1.807, 2.05) is 24.4 Å². The van der Waals surface area contributed by atoms with Gasteiger partial charge in [0.2, 0.25) is 0 Å². The average Bonchev–Trinajstić information content (AvgIpc) is 2.95. The molecule has 1 aromatic heterocycles. The zero-order chi connectivity index (χ0) is 14.4. The van der Waals surface area contributed by atoms with Gasteiger partial charge < -0.3 is 4.74 Å². The minimum atomic E-state index is -0.0431. The van der Waals surface area contributed by atoms with E-state index in [2.05, 4.69) is 24.0 Å². The van der Waals surface area contributed by atoms with Gasteiger partial charge in [-0.25, -0.2) is 4.98 Å². The molecule has 1 aromatic carbocycles. The van der Waals surface area contributed by atoms with E-state index in [-0.39, 0.29) is 6.10 Å². The molecule has 0 fully saturated rings. The summed E-state index contributed by atoms with van der Waals surface area (Å²) in [5, 5.41) is 2.95. The lowest BCUT2D eigenvalue weighted by atomic mass is 10.1. The van der Waals surface area contributed by atoms with Crippen molar-refractivity contribution in [3.8, 4) is 5.75 Å². The van der Waals surface area contributed by atoms with Crippen molar-refractivity contribution >= 4 is 22.9 Å². The Balaban J connectivity index is 1.95. The number of aryl methyl sites for hydroxylation is 1. The van der Waals surface area contributed by atoms with Gasteiger partial charge in [-0.1, -0.05) is 25.5 Å². The molecule has 1 heterocycles. The van der Waals surface area contributed by atoms with Crippen LogP contribution in [0.2, 0.25) is 0 Å². The van der Waals surface area contributed by atoms with Crippen molar-refractivity contribution in [2.24, 2.45) is 0 Å². The highest BCUT2D eigenvalue weighted by atomic mass is 35.5. The molecule has 0 saturated carbocycles. The first-order chi connectivity index (χ1) is 9.72. The molecular formula is C16H20ClNOS. The third-order valence-electron chi connectivity index (χ3n) is 3.11. The molecule has 0 aliphatic heterocycles. The van der Waals surface area contributed by atoms with Crippen molar-refractivity contribution in [1.82, 2.24) is 4.98 Å². The van der Waals surface area contributed by atoms with Crippen molar-refractivity contribution in [3.63, 3.8) is 0 Å². The molecule has 0 aliphatic carbocycles. The average molecular weight is 310 g/mol. The summed E-state index contributed by atoms with van der Waals surface area (Å²) < 4.78 is 5.92. The molecule has 4 heteroatoms. The molecule has 2 nitrogen and oxygen atoms in total. The summed E-state index contributed by atoms with van der Waals surface area (Å²) in [7, 11) is 0. The van der Waals surface area contributed by atoms with Crippen LogP contribution in [0.1, 0.15) is 49.1 Å². The standard InChI is InChI=1S/C16H20ClNOS/c1-3-4-5-13-6-8-15(9-7-13)19-12(2)16-18-14(10-17)11-20-16/h6-9,11-12H,3-5,10H2,1-2H3. The van der Waals surface area contributed by atoms with E-state index in [0.717, 1.165) is 22.9 Å². The number of aromatic nitrogens is 1. The van der Waals surface area contributed by atoms with Gasteiger partial charge in [0.15, 0.2) is 0 Å². The molecule has 1 atom stereocenters.